The van der Waals surface area contributed by atoms with E-state index >= 15 is 0 Å². The van der Waals surface area contributed by atoms with Crippen LogP contribution >= 0.6 is 12.4 Å². The van der Waals surface area contributed by atoms with E-state index in [0.717, 1.165) is 22.9 Å². The van der Waals surface area contributed by atoms with Crippen LogP contribution in [0.2, 0.25) is 0 Å². The maximum absolute atomic E-state index is 10.8. The topological polar surface area (TPSA) is 79.1 Å². The Balaban J connectivity index is 0.00000128. The van der Waals surface area contributed by atoms with Gasteiger partial charge in [-0.05, 0) is 36.7 Å². The van der Waals surface area contributed by atoms with Crippen molar-refractivity contribution < 1.29 is 9.90 Å². The van der Waals surface area contributed by atoms with Gasteiger partial charge in [-0.25, -0.2) is 4.79 Å². The smallest absolute Gasteiger partial charge is 0.335 e. The van der Waals surface area contributed by atoms with E-state index in [0.29, 0.717) is 12.1 Å². The Morgan fingerprint density at radius 3 is 2.81 bits per heavy atom. The van der Waals surface area contributed by atoms with E-state index in [1.54, 1.807) is 18.2 Å². The molecule has 0 unspecified atom stereocenters. The highest BCUT2D eigenvalue weighted by Crippen LogP contribution is 2.20. The van der Waals surface area contributed by atoms with Crippen LogP contribution in [0.25, 0.3) is 10.9 Å². The van der Waals surface area contributed by atoms with Crippen LogP contribution in [-0.4, -0.2) is 22.6 Å². The zero-order valence-corrected chi connectivity index (χ0v) is 9.38. The number of nitrogens with one attached hydrogen (secondary N) is 1. The first-order chi connectivity index (χ1) is 7.22. The molecule has 0 spiro atoms. The third kappa shape index (κ3) is 2.18. The van der Waals surface area contributed by atoms with E-state index < -0.39 is 5.97 Å². The molecule has 0 atom stereocenters. The predicted molar refractivity (Wildman–Crippen MR) is 65.3 cm³/mol. The molecule has 5 heteroatoms. The molecule has 0 bridgehead atoms. The van der Waals surface area contributed by atoms with E-state index in [2.05, 4.69) is 4.98 Å². The summed E-state index contributed by atoms with van der Waals surface area (Å²) in [6.07, 6.45) is 2.63. The van der Waals surface area contributed by atoms with Crippen molar-refractivity contribution in [2.24, 2.45) is 5.73 Å². The first-order valence-electron chi connectivity index (χ1n) is 4.75. The number of carboxylic acids is 1. The molecule has 0 saturated heterocycles. The average Bonchev–Trinajstić information content (AvgIpc) is 2.61. The number of rotatable bonds is 3. The number of aromatic nitrogens is 1. The molecule has 0 saturated carbocycles. The maximum atomic E-state index is 10.8. The summed E-state index contributed by atoms with van der Waals surface area (Å²) >= 11 is 0. The minimum atomic E-state index is -0.906. The summed E-state index contributed by atoms with van der Waals surface area (Å²) < 4.78 is 0. The molecule has 0 fully saturated rings. The SMILES string of the molecule is Cl.NCCc1c[nH]c2ccc(C(=O)O)cc12. The Morgan fingerprint density at radius 1 is 1.44 bits per heavy atom. The molecule has 0 amide bonds. The van der Waals surface area contributed by atoms with Crippen molar-refractivity contribution in [3.05, 3.63) is 35.5 Å². The van der Waals surface area contributed by atoms with Gasteiger partial charge in [0.25, 0.3) is 0 Å². The first-order valence-corrected chi connectivity index (χ1v) is 4.75. The number of nitrogens with two attached hydrogens (primary N) is 1. The van der Waals surface area contributed by atoms with E-state index in [9.17, 15) is 4.79 Å². The Bertz CT molecular complexity index is 508. The molecule has 1 aromatic heterocycles. The molecule has 0 radical (unpaired) electrons. The Morgan fingerprint density at radius 2 is 2.19 bits per heavy atom. The highest BCUT2D eigenvalue weighted by atomic mass is 35.5. The fourth-order valence-electron chi connectivity index (χ4n) is 1.67. The number of carboxylic acid groups (broad SMARTS) is 1. The maximum Gasteiger partial charge on any atom is 0.335 e. The van der Waals surface area contributed by atoms with Crippen molar-refractivity contribution in [3.8, 4) is 0 Å². The van der Waals surface area contributed by atoms with E-state index in [-0.39, 0.29) is 12.4 Å². The second kappa shape index (κ2) is 5.01. The van der Waals surface area contributed by atoms with Crippen LogP contribution in [0, 0.1) is 0 Å². The number of hydrogen-bond donors (Lipinski definition) is 3. The monoisotopic (exact) mass is 240 g/mol. The summed E-state index contributed by atoms with van der Waals surface area (Å²) in [5.74, 6) is -0.906. The van der Waals surface area contributed by atoms with Gasteiger partial charge in [0.1, 0.15) is 0 Å². The molecule has 1 aromatic carbocycles. The zero-order chi connectivity index (χ0) is 10.8. The molecule has 16 heavy (non-hydrogen) atoms. The quantitative estimate of drug-likeness (QED) is 0.765. The van der Waals surface area contributed by atoms with Gasteiger partial charge in [0.05, 0.1) is 5.56 Å². The van der Waals surface area contributed by atoms with Gasteiger partial charge in [-0.2, -0.15) is 0 Å². The van der Waals surface area contributed by atoms with Gasteiger partial charge in [-0.15, -0.1) is 12.4 Å². The minimum absolute atomic E-state index is 0. The van der Waals surface area contributed by atoms with Crippen molar-refractivity contribution in [3.63, 3.8) is 0 Å². The molecule has 2 aromatic rings. The third-order valence-corrected chi connectivity index (χ3v) is 2.43. The molecule has 2 rings (SSSR count). The lowest BCUT2D eigenvalue weighted by Crippen LogP contribution is -2.02. The number of fused-ring (bicyclic) bond motifs is 1. The molecule has 0 aliphatic carbocycles. The van der Waals surface area contributed by atoms with E-state index in [4.69, 9.17) is 10.8 Å². The number of hydrogen-bond acceptors (Lipinski definition) is 2. The summed E-state index contributed by atoms with van der Waals surface area (Å²) in [6, 6.07) is 5.05. The van der Waals surface area contributed by atoms with Crippen LogP contribution in [0.15, 0.2) is 24.4 Å². The fraction of sp³-hybridized carbons (Fsp3) is 0.182. The molecule has 0 aliphatic heterocycles. The summed E-state index contributed by atoms with van der Waals surface area (Å²) in [5.41, 5.74) is 7.80. The normalized spacial score (nSPS) is 10.1. The molecule has 4 N–H and O–H groups in total. The highest BCUT2D eigenvalue weighted by Gasteiger charge is 2.07. The number of aromatic carboxylic acids is 1. The Hall–Kier alpha value is -1.52. The van der Waals surface area contributed by atoms with Crippen molar-refractivity contribution in [2.75, 3.05) is 6.54 Å². The largest absolute Gasteiger partial charge is 0.478 e. The summed E-state index contributed by atoms with van der Waals surface area (Å²) in [6.45, 7) is 0.560. The van der Waals surface area contributed by atoms with Gasteiger partial charge in [-0.1, -0.05) is 0 Å². The molecule has 4 nitrogen and oxygen atoms in total. The lowest BCUT2D eigenvalue weighted by molar-refractivity contribution is 0.0697. The number of benzene rings is 1. The number of aromatic amines is 1. The molecule has 0 aliphatic rings. The van der Waals surface area contributed by atoms with Crippen molar-refractivity contribution >= 4 is 29.3 Å². The minimum Gasteiger partial charge on any atom is -0.478 e. The highest BCUT2D eigenvalue weighted by molar-refractivity contribution is 5.94. The van der Waals surface area contributed by atoms with E-state index in [1.807, 2.05) is 6.20 Å². The zero-order valence-electron chi connectivity index (χ0n) is 8.56. The Kier molecular flexibility index (Phi) is 3.93. The van der Waals surface area contributed by atoms with Crippen molar-refractivity contribution in [1.82, 2.24) is 4.98 Å². The van der Waals surface area contributed by atoms with Crippen LogP contribution in [0.4, 0.5) is 0 Å². The van der Waals surface area contributed by atoms with E-state index in [1.165, 1.54) is 0 Å². The van der Waals surface area contributed by atoms with Crippen molar-refractivity contribution in [2.45, 2.75) is 6.42 Å². The van der Waals surface area contributed by atoms with Gasteiger partial charge in [0.15, 0.2) is 0 Å². The van der Waals surface area contributed by atoms with Gasteiger partial charge in [0, 0.05) is 17.1 Å². The number of halogens is 1. The van der Waals surface area contributed by atoms with Crippen LogP contribution in [0.3, 0.4) is 0 Å². The summed E-state index contributed by atoms with van der Waals surface area (Å²) in [5, 5.41) is 9.81. The van der Waals surface area contributed by atoms with Crippen LogP contribution in [0.5, 0.6) is 0 Å². The number of H-pyrrole nitrogens is 1. The third-order valence-electron chi connectivity index (χ3n) is 2.43. The van der Waals surface area contributed by atoms with Gasteiger partial charge < -0.3 is 15.8 Å². The van der Waals surface area contributed by atoms with Crippen molar-refractivity contribution in [1.29, 1.82) is 0 Å². The lowest BCUT2D eigenvalue weighted by atomic mass is 10.1. The van der Waals surface area contributed by atoms with Gasteiger partial charge >= 0.3 is 5.97 Å². The van der Waals surface area contributed by atoms with Gasteiger partial charge in [-0.3, -0.25) is 0 Å². The molecular weight excluding hydrogens is 228 g/mol. The van der Waals surface area contributed by atoms with Crippen LogP contribution in [0.1, 0.15) is 15.9 Å². The standard InChI is InChI=1S/C11H12N2O2.ClH/c12-4-3-8-6-13-10-2-1-7(11(14)15)5-9(8)10;/h1-2,5-6,13H,3-4,12H2,(H,14,15);1H. The number of carbonyl (C=O) groups is 1. The molecule has 86 valence electrons. The van der Waals surface area contributed by atoms with Gasteiger partial charge in [0.2, 0.25) is 0 Å². The molecular formula is C11H13ClN2O2. The Labute approximate surface area is 98.9 Å². The second-order valence-electron chi connectivity index (χ2n) is 3.42. The lowest BCUT2D eigenvalue weighted by Gasteiger charge is -1.98. The van der Waals surface area contributed by atoms with Crippen LogP contribution < -0.4 is 5.73 Å². The fourth-order valence-corrected chi connectivity index (χ4v) is 1.67. The van der Waals surface area contributed by atoms with Crippen LogP contribution in [-0.2, 0) is 6.42 Å². The summed E-state index contributed by atoms with van der Waals surface area (Å²) in [7, 11) is 0. The summed E-state index contributed by atoms with van der Waals surface area (Å²) in [4.78, 5) is 13.9. The molecule has 1 heterocycles. The average molecular weight is 241 g/mol. The predicted octanol–water partition coefficient (Wildman–Crippen LogP) is 1.79. The first kappa shape index (κ1) is 12.5. The second-order valence-corrected chi connectivity index (χ2v) is 3.42.